The normalized spacial score (nSPS) is 15.9. The fraction of sp³-hybridized carbons (Fsp3) is 0.148. The van der Waals surface area contributed by atoms with Crippen LogP contribution in [0.4, 0.5) is 14.5 Å². The van der Waals surface area contributed by atoms with Gasteiger partial charge in [0, 0.05) is 11.6 Å². The van der Waals surface area contributed by atoms with Crippen LogP contribution in [0, 0.1) is 11.7 Å². The van der Waals surface area contributed by atoms with Gasteiger partial charge in [0.05, 0.1) is 10.7 Å². The van der Waals surface area contributed by atoms with Gasteiger partial charge in [-0.15, -0.1) is 0 Å². The van der Waals surface area contributed by atoms with E-state index in [0.717, 1.165) is 33.9 Å². The molecule has 1 atom stereocenters. The van der Waals surface area contributed by atoms with Crippen LogP contribution in [0.1, 0.15) is 48.0 Å². The summed E-state index contributed by atoms with van der Waals surface area (Å²) in [5.74, 6) is -1.46. The number of nitrogens with one attached hydrogen (secondary N) is 2. The number of fused-ring (bicyclic) bond motifs is 1. The van der Waals surface area contributed by atoms with E-state index in [9.17, 15) is 13.6 Å². The quantitative estimate of drug-likeness (QED) is 0.200. The van der Waals surface area contributed by atoms with Gasteiger partial charge in [0.1, 0.15) is 5.82 Å². The zero-order chi connectivity index (χ0) is 24.4. The molecule has 0 fully saturated rings. The van der Waals surface area contributed by atoms with Crippen LogP contribution >= 0.6 is 11.6 Å². The third-order valence-corrected chi connectivity index (χ3v) is 5.95. The van der Waals surface area contributed by atoms with Gasteiger partial charge in [-0.2, -0.15) is 0 Å². The Balaban J connectivity index is 1.96. The molecule has 0 spiro atoms. The number of hydrogen-bond donors (Lipinski definition) is 3. The van der Waals surface area contributed by atoms with Crippen LogP contribution in [0.2, 0.25) is 5.02 Å². The van der Waals surface area contributed by atoms with Gasteiger partial charge in [-0.05, 0) is 69.7 Å². The number of carboxylic acid groups (broad SMARTS) is 1. The number of rotatable bonds is 6. The van der Waals surface area contributed by atoms with E-state index in [0.29, 0.717) is 16.8 Å². The zero-order valence-electron chi connectivity index (χ0n) is 18.6. The van der Waals surface area contributed by atoms with Gasteiger partial charge >= 0.3 is 5.97 Å². The summed E-state index contributed by atoms with van der Waals surface area (Å²) >= 11 is 6.48. The molecule has 7 heteroatoms. The molecule has 0 saturated carbocycles. The Labute approximate surface area is 201 Å². The molecule has 3 aromatic rings. The summed E-state index contributed by atoms with van der Waals surface area (Å²) in [7, 11) is 0. The second kappa shape index (κ2) is 9.79. The van der Waals surface area contributed by atoms with Gasteiger partial charge in [-0.1, -0.05) is 61.8 Å². The number of alkyl halides is 1. The minimum Gasteiger partial charge on any atom is -0.478 e. The van der Waals surface area contributed by atoms with Gasteiger partial charge < -0.3 is 10.5 Å². The standard InChI is InChI=1S/C27H23ClF2N2O2/c1-15(2)25(20-10-9-19(29)14-22(20)28)26(17-6-3-16(4-7-17)5-12-24(33)34)18-8-11-23-21(13-18)27(30)32-31-23/h3-15,27,31-32H,1-2H3,(H,33,34)/b12-5+,26-25+. The summed E-state index contributed by atoms with van der Waals surface area (Å²) in [6.07, 6.45) is 1.23. The molecule has 0 bridgehead atoms. The van der Waals surface area contributed by atoms with Crippen molar-refractivity contribution in [3.63, 3.8) is 0 Å². The van der Waals surface area contributed by atoms with Crippen molar-refractivity contribution in [3.8, 4) is 0 Å². The van der Waals surface area contributed by atoms with E-state index < -0.39 is 18.1 Å². The van der Waals surface area contributed by atoms with Crippen LogP contribution in [0.5, 0.6) is 0 Å². The van der Waals surface area contributed by atoms with E-state index in [4.69, 9.17) is 16.7 Å². The Morgan fingerprint density at radius 1 is 1.06 bits per heavy atom. The summed E-state index contributed by atoms with van der Waals surface area (Å²) in [5, 5.41) is 9.18. The Morgan fingerprint density at radius 2 is 1.76 bits per heavy atom. The van der Waals surface area contributed by atoms with Gasteiger partial charge in [0.25, 0.3) is 0 Å². The molecule has 174 valence electrons. The number of allylic oxidation sites excluding steroid dienone is 1. The molecule has 34 heavy (non-hydrogen) atoms. The van der Waals surface area contributed by atoms with Crippen LogP contribution in [-0.2, 0) is 4.79 Å². The number of hydrogen-bond acceptors (Lipinski definition) is 3. The lowest BCUT2D eigenvalue weighted by Crippen LogP contribution is -2.14. The average molecular weight is 481 g/mol. The summed E-state index contributed by atoms with van der Waals surface area (Å²) < 4.78 is 28.3. The van der Waals surface area contributed by atoms with Crippen LogP contribution in [0.25, 0.3) is 17.2 Å². The number of carbonyl (C=O) groups is 1. The summed E-state index contributed by atoms with van der Waals surface area (Å²) in [4.78, 5) is 10.9. The average Bonchev–Trinajstić information content (AvgIpc) is 3.17. The van der Waals surface area contributed by atoms with E-state index in [-0.39, 0.29) is 10.9 Å². The first kappa shape index (κ1) is 23.7. The third-order valence-electron chi connectivity index (χ3n) is 5.63. The summed E-state index contributed by atoms with van der Waals surface area (Å²) in [6, 6.07) is 17.2. The van der Waals surface area contributed by atoms with Crippen molar-refractivity contribution < 1.29 is 18.7 Å². The minimum absolute atomic E-state index is 0.00442. The Kier molecular flexibility index (Phi) is 6.82. The lowest BCUT2D eigenvalue weighted by atomic mass is 9.83. The van der Waals surface area contributed by atoms with Gasteiger partial charge in [-0.25, -0.2) is 19.0 Å². The Bertz CT molecular complexity index is 1300. The molecule has 1 heterocycles. The van der Waals surface area contributed by atoms with Gasteiger partial charge in [-0.3, -0.25) is 0 Å². The second-order valence-electron chi connectivity index (χ2n) is 8.30. The third kappa shape index (κ3) is 4.88. The molecule has 0 saturated heterocycles. The number of carboxylic acids is 1. The maximum absolute atomic E-state index is 14.4. The van der Waals surface area contributed by atoms with Crippen LogP contribution in [0.3, 0.4) is 0 Å². The molecule has 1 unspecified atom stereocenters. The van der Waals surface area contributed by atoms with Crippen LogP contribution < -0.4 is 10.9 Å². The van der Waals surface area contributed by atoms with Crippen molar-refractivity contribution in [1.82, 2.24) is 5.43 Å². The monoisotopic (exact) mass is 480 g/mol. The van der Waals surface area contributed by atoms with Crippen LogP contribution in [0.15, 0.2) is 66.7 Å². The lowest BCUT2D eigenvalue weighted by molar-refractivity contribution is -0.131. The van der Waals surface area contributed by atoms with Crippen molar-refractivity contribution in [2.45, 2.75) is 20.1 Å². The lowest BCUT2D eigenvalue weighted by Gasteiger charge is -2.22. The maximum atomic E-state index is 14.4. The molecule has 4 rings (SSSR count). The number of benzene rings is 3. The van der Waals surface area contributed by atoms with Crippen molar-refractivity contribution in [1.29, 1.82) is 0 Å². The molecule has 0 aliphatic carbocycles. The van der Waals surface area contributed by atoms with E-state index in [1.54, 1.807) is 12.1 Å². The van der Waals surface area contributed by atoms with Gasteiger partial charge in [0.15, 0.2) is 6.30 Å². The predicted molar refractivity (Wildman–Crippen MR) is 132 cm³/mol. The Morgan fingerprint density at radius 3 is 2.41 bits per heavy atom. The summed E-state index contributed by atoms with van der Waals surface area (Å²) in [6.45, 7) is 4.04. The predicted octanol–water partition coefficient (Wildman–Crippen LogP) is 7.09. The molecule has 0 aromatic heterocycles. The molecule has 3 aromatic carbocycles. The fourth-order valence-electron chi connectivity index (χ4n) is 4.11. The van der Waals surface area contributed by atoms with Crippen molar-refractivity contribution in [3.05, 3.63) is 105 Å². The first-order chi connectivity index (χ1) is 16.2. The molecular weight excluding hydrogens is 458 g/mol. The summed E-state index contributed by atoms with van der Waals surface area (Å²) in [5.41, 5.74) is 11.3. The molecule has 0 amide bonds. The number of anilines is 1. The topological polar surface area (TPSA) is 61.4 Å². The van der Waals surface area contributed by atoms with Crippen LogP contribution in [-0.4, -0.2) is 11.1 Å². The molecular formula is C27H23ClF2N2O2. The number of halogens is 3. The highest BCUT2D eigenvalue weighted by Crippen LogP contribution is 2.41. The van der Waals surface area contributed by atoms with Gasteiger partial charge in [0.2, 0.25) is 0 Å². The van der Waals surface area contributed by atoms with E-state index in [1.807, 2.05) is 50.2 Å². The highest BCUT2D eigenvalue weighted by atomic mass is 35.5. The molecule has 4 nitrogen and oxygen atoms in total. The van der Waals surface area contributed by atoms with Crippen molar-refractivity contribution in [2.75, 3.05) is 5.43 Å². The minimum atomic E-state index is -1.35. The largest absolute Gasteiger partial charge is 0.478 e. The van der Waals surface area contributed by atoms with E-state index >= 15 is 0 Å². The molecule has 1 aliphatic heterocycles. The fourth-order valence-corrected chi connectivity index (χ4v) is 4.38. The smallest absolute Gasteiger partial charge is 0.328 e. The number of aliphatic carboxylic acids is 1. The highest BCUT2D eigenvalue weighted by molar-refractivity contribution is 6.32. The zero-order valence-corrected chi connectivity index (χ0v) is 19.3. The molecule has 0 radical (unpaired) electrons. The molecule has 3 N–H and O–H groups in total. The van der Waals surface area contributed by atoms with Crippen molar-refractivity contribution >= 4 is 40.5 Å². The van der Waals surface area contributed by atoms with E-state index in [2.05, 4.69) is 10.9 Å². The molecule has 1 aliphatic rings. The van der Waals surface area contributed by atoms with E-state index in [1.165, 1.54) is 18.2 Å². The maximum Gasteiger partial charge on any atom is 0.328 e. The highest BCUT2D eigenvalue weighted by Gasteiger charge is 2.24. The Hall–Kier alpha value is -3.48. The van der Waals surface area contributed by atoms with Crippen molar-refractivity contribution in [2.24, 2.45) is 5.92 Å². The first-order valence-corrected chi connectivity index (χ1v) is 11.1. The second-order valence-corrected chi connectivity index (χ2v) is 8.70. The number of hydrazine groups is 1. The SMILES string of the molecule is CC(C)/C(=C(/c1ccc(/C=C/C(=O)O)cc1)c1ccc2c(c1)C(F)NN2)c1ccc(F)cc1Cl. The first-order valence-electron chi connectivity index (χ1n) is 10.8.